The van der Waals surface area contributed by atoms with Crippen molar-refractivity contribution in [3.8, 4) is 11.5 Å². The number of hydrogen-bond donors (Lipinski definition) is 1. The maximum absolute atomic E-state index is 14.0. The largest absolute Gasteiger partial charge is 0.490 e. The number of halogens is 5. The lowest BCUT2D eigenvalue weighted by atomic mass is 10.2. The number of hydrogen-bond acceptors (Lipinski definition) is 3. The normalized spacial score (nSPS) is 10.7. The molecule has 3 aromatic rings. The first kappa shape index (κ1) is 23.0. The summed E-state index contributed by atoms with van der Waals surface area (Å²) in [5.74, 6) is 0.605. The van der Waals surface area contributed by atoms with Crippen molar-refractivity contribution in [3.63, 3.8) is 0 Å². The highest BCUT2D eigenvalue weighted by Crippen LogP contribution is 2.36. The molecule has 3 aromatic carbocycles. The maximum Gasteiger partial charge on any atom is 0.162 e. The molecule has 0 fully saturated rings. The van der Waals surface area contributed by atoms with E-state index in [4.69, 9.17) is 44.3 Å². The molecular weight excluding hydrogens is 516 g/mol. The molecule has 8 heteroatoms. The molecule has 1 N–H and O–H groups in total. The molecule has 3 rings (SSSR count). The Morgan fingerprint density at radius 1 is 0.967 bits per heavy atom. The molecule has 0 radical (unpaired) electrons. The second-order valence-corrected chi connectivity index (χ2v) is 8.40. The highest BCUT2D eigenvalue weighted by molar-refractivity contribution is 9.10. The topological polar surface area (TPSA) is 30.5 Å². The zero-order valence-corrected chi connectivity index (χ0v) is 19.8. The van der Waals surface area contributed by atoms with Crippen LogP contribution in [0.5, 0.6) is 11.5 Å². The molecule has 0 saturated heterocycles. The molecular formula is C22H18BrCl3FNO2. The van der Waals surface area contributed by atoms with Crippen molar-refractivity contribution in [2.45, 2.75) is 20.1 Å². The Balaban J connectivity index is 1.80. The summed E-state index contributed by atoms with van der Waals surface area (Å²) in [6.45, 7) is 2.78. The van der Waals surface area contributed by atoms with Crippen LogP contribution in [0.2, 0.25) is 15.1 Å². The Morgan fingerprint density at radius 2 is 1.73 bits per heavy atom. The average molecular weight is 534 g/mol. The third-order valence-corrected chi connectivity index (χ3v) is 5.90. The van der Waals surface area contributed by atoms with Gasteiger partial charge in [0.1, 0.15) is 12.4 Å². The quantitative estimate of drug-likeness (QED) is 0.317. The standard InChI is InChI=1S/C22H18BrCl3FNO2/c1-2-29-21-8-13(11-28-20-9-14(24)6-7-18(20)26)16(23)10-22(21)30-12-15-17(25)4-3-5-19(15)27/h3-10,28H,2,11-12H2,1H3. The van der Waals surface area contributed by atoms with Crippen LogP contribution in [0, 0.1) is 5.82 Å². The molecule has 0 bridgehead atoms. The van der Waals surface area contributed by atoms with Gasteiger partial charge in [-0.3, -0.25) is 0 Å². The van der Waals surface area contributed by atoms with Crippen molar-refractivity contribution >= 4 is 56.4 Å². The molecule has 0 aliphatic carbocycles. The van der Waals surface area contributed by atoms with Gasteiger partial charge in [-0.05, 0) is 55.0 Å². The number of rotatable bonds is 8. The van der Waals surface area contributed by atoms with Gasteiger partial charge < -0.3 is 14.8 Å². The molecule has 0 amide bonds. The van der Waals surface area contributed by atoms with E-state index in [1.807, 2.05) is 13.0 Å². The van der Waals surface area contributed by atoms with Crippen molar-refractivity contribution in [1.82, 2.24) is 0 Å². The van der Waals surface area contributed by atoms with Crippen molar-refractivity contribution in [3.05, 3.63) is 85.0 Å². The van der Waals surface area contributed by atoms with Gasteiger partial charge in [0.25, 0.3) is 0 Å². The first-order valence-corrected chi connectivity index (χ1v) is 11.0. The highest BCUT2D eigenvalue weighted by Gasteiger charge is 2.14. The summed E-state index contributed by atoms with van der Waals surface area (Å²) < 4.78 is 26.4. The molecule has 0 atom stereocenters. The minimum absolute atomic E-state index is 0.0201. The second-order valence-electron chi connectivity index (χ2n) is 6.29. The van der Waals surface area contributed by atoms with E-state index in [1.165, 1.54) is 6.07 Å². The maximum atomic E-state index is 14.0. The molecule has 158 valence electrons. The summed E-state index contributed by atoms with van der Waals surface area (Å²) in [5.41, 5.74) is 1.94. The van der Waals surface area contributed by atoms with Gasteiger partial charge in [0, 0.05) is 21.6 Å². The van der Waals surface area contributed by atoms with Gasteiger partial charge in [-0.1, -0.05) is 56.8 Å². The number of anilines is 1. The van der Waals surface area contributed by atoms with Crippen LogP contribution in [-0.4, -0.2) is 6.61 Å². The molecule has 0 aliphatic heterocycles. The number of benzene rings is 3. The van der Waals surface area contributed by atoms with Gasteiger partial charge in [-0.15, -0.1) is 0 Å². The summed E-state index contributed by atoms with van der Waals surface area (Å²) >= 11 is 21.9. The lowest BCUT2D eigenvalue weighted by Gasteiger charge is -2.16. The van der Waals surface area contributed by atoms with Gasteiger partial charge in [0.2, 0.25) is 0 Å². The van der Waals surface area contributed by atoms with E-state index in [2.05, 4.69) is 21.2 Å². The van der Waals surface area contributed by atoms with Crippen molar-refractivity contribution in [2.75, 3.05) is 11.9 Å². The lowest BCUT2D eigenvalue weighted by molar-refractivity contribution is 0.265. The van der Waals surface area contributed by atoms with Gasteiger partial charge in [0.15, 0.2) is 11.5 Å². The summed E-state index contributed by atoms with van der Waals surface area (Å²) in [4.78, 5) is 0. The third kappa shape index (κ3) is 5.73. The highest BCUT2D eigenvalue weighted by atomic mass is 79.9. The van der Waals surface area contributed by atoms with Gasteiger partial charge in [-0.25, -0.2) is 4.39 Å². The molecule has 0 heterocycles. The van der Waals surface area contributed by atoms with Crippen molar-refractivity contribution < 1.29 is 13.9 Å². The summed E-state index contributed by atoms with van der Waals surface area (Å²) in [7, 11) is 0. The molecule has 0 saturated carbocycles. The van der Waals surface area contributed by atoms with Gasteiger partial charge >= 0.3 is 0 Å². The molecule has 0 spiro atoms. The monoisotopic (exact) mass is 531 g/mol. The molecule has 0 aromatic heterocycles. The first-order chi connectivity index (χ1) is 14.4. The smallest absolute Gasteiger partial charge is 0.162 e. The summed E-state index contributed by atoms with van der Waals surface area (Å²) in [6.07, 6.45) is 0. The van der Waals surface area contributed by atoms with E-state index < -0.39 is 5.82 Å². The Kier molecular flexibility index (Phi) is 8.12. The number of nitrogens with one attached hydrogen (secondary N) is 1. The van der Waals surface area contributed by atoms with Crippen molar-refractivity contribution in [2.24, 2.45) is 0 Å². The van der Waals surface area contributed by atoms with Crippen LogP contribution in [-0.2, 0) is 13.2 Å². The van der Waals surface area contributed by atoms with Crippen molar-refractivity contribution in [1.29, 1.82) is 0 Å². The first-order valence-electron chi connectivity index (χ1n) is 9.09. The minimum Gasteiger partial charge on any atom is -0.490 e. The Hall–Kier alpha value is -1.66. The zero-order chi connectivity index (χ0) is 21.7. The van der Waals surface area contributed by atoms with Gasteiger partial charge in [-0.2, -0.15) is 0 Å². The predicted molar refractivity (Wildman–Crippen MR) is 125 cm³/mol. The fourth-order valence-corrected chi connectivity index (χ4v) is 3.77. The van der Waals surface area contributed by atoms with Crippen LogP contribution in [0.1, 0.15) is 18.1 Å². The van der Waals surface area contributed by atoms with E-state index in [0.29, 0.717) is 45.3 Å². The van der Waals surface area contributed by atoms with Gasteiger partial charge in [0.05, 0.1) is 22.3 Å². The van der Waals surface area contributed by atoms with Crippen LogP contribution in [0.15, 0.2) is 53.0 Å². The average Bonchev–Trinajstić information content (AvgIpc) is 2.70. The fraction of sp³-hybridized carbons (Fsp3) is 0.182. The minimum atomic E-state index is -0.418. The Bertz CT molecular complexity index is 1030. The van der Waals surface area contributed by atoms with Crippen LogP contribution in [0.3, 0.4) is 0 Å². The summed E-state index contributed by atoms with van der Waals surface area (Å²) in [6, 6.07) is 13.4. The Labute approximate surface area is 198 Å². The third-order valence-electron chi connectivity index (χ3n) is 4.24. The fourth-order valence-electron chi connectivity index (χ4n) is 2.74. The van der Waals surface area contributed by atoms with Crippen LogP contribution in [0.25, 0.3) is 0 Å². The van der Waals surface area contributed by atoms with Crippen LogP contribution < -0.4 is 14.8 Å². The van der Waals surface area contributed by atoms with E-state index >= 15 is 0 Å². The number of ether oxygens (including phenoxy) is 2. The molecule has 0 aliphatic rings. The second kappa shape index (κ2) is 10.6. The van der Waals surface area contributed by atoms with Crippen LogP contribution in [0.4, 0.5) is 10.1 Å². The lowest BCUT2D eigenvalue weighted by Crippen LogP contribution is -2.05. The zero-order valence-electron chi connectivity index (χ0n) is 15.9. The van der Waals surface area contributed by atoms with E-state index in [0.717, 1.165) is 15.7 Å². The molecule has 0 unspecified atom stereocenters. The van der Waals surface area contributed by atoms with E-state index in [-0.39, 0.29) is 6.61 Å². The Morgan fingerprint density at radius 3 is 2.47 bits per heavy atom. The predicted octanol–water partition coefficient (Wildman–Crippen LogP) is 8.14. The van der Waals surface area contributed by atoms with E-state index in [9.17, 15) is 4.39 Å². The SMILES string of the molecule is CCOc1cc(CNc2cc(Cl)ccc2Cl)c(Br)cc1OCc1c(F)cccc1Cl. The van der Waals surface area contributed by atoms with E-state index in [1.54, 1.807) is 36.4 Å². The van der Waals surface area contributed by atoms with Crippen LogP contribution >= 0.6 is 50.7 Å². The molecule has 3 nitrogen and oxygen atoms in total. The summed E-state index contributed by atoms with van der Waals surface area (Å²) in [5, 5.41) is 4.73. The molecule has 30 heavy (non-hydrogen) atoms.